The van der Waals surface area contributed by atoms with Gasteiger partial charge in [-0.05, 0) is 48.7 Å². The third-order valence-corrected chi connectivity index (χ3v) is 54.0. The summed E-state index contributed by atoms with van der Waals surface area (Å²) in [5.41, 5.74) is 0. The van der Waals surface area contributed by atoms with Crippen LogP contribution in [0.2, 0.25) is 0 Å². The summed E-state index contributed by atoms with van der Waals surface area (Å²) < 4.78 is 0. The third kappa shape index (κ3) is 1.84. The molecule has 0 aliphatic carbocycles. The van der Waals surface area contributed by atoms with Gasteiger partial charge in [-0.25, -0.2) is 0 Å². The average molecular weight is 175 g/mol. The van der Waals surface area contributed by atoms with E-state index in [9.17, 15) is 0 Å². The molecule has 0 nitrogen and oxygen atoms in total. The lowest BCUT2D eigenvalue weighted by atomic mass is 26.5. The normalized spacial score (nSPS) is 8.00. The molecule has 0 saturated carbocycles. The van der Waals surface area contributed by atoms with E-state index in [1.165, 1.54) is 48.7 Å². The fourth-order valence-corrected chi connectivity index (χ4v) is 93.5. The Kier molecular flexibility index (Phi) is 3.01. The average Bonchev–Trinajstić information content (AvgIpc) is 1.72. The van der Waals surface area contributed by atoms with Crippen LogP contribution in [0.1, 0.15) is 0 Å². The number of rotatable bonds is 0. The Morgan fingerprint density at radius 2 is 0.500 bits per heavy atom. The van der Waals surface area contributed by atoms with E-state index in [0.717, 1.165) is 0 Å². The summed E-state index contributed by atoms with van der Waals surface area (Å²) in [4.78, 5) is 0. The summed E-state index contributed by atoms with van der Waals surface area (Å²) in [7, 11) is 7.00. The standard InChI is InChI=1S/H6Si6/c1-2-4-6-5-3-1/h1-6H. The highest BCUT2D eigenvalue weighted by Gasteiger charge is 1.61. The van der Waals surface area contributed by atoms with Crippen molar-refractivity contribution in [2.75, 3.05) is 0 Å². The summed E-state index contributed by atoms with van der Waals surface area (Å²) in [6.45, 7) is 0. The zero-order valence-electron chi connectivity index (χ0n) is 3.46. The minimum Gasteiger partial charge on any atom is -0.0295 e. The van der Waals surface area contributed by atoms with Crippen molar-refractivity contribution in [2.24, 2.45) is 0 Å². The maximum atomic E-state index is 1.17. The molecule has 0 spiro atoms. The Hall–Kier alpha value is 1.30. The van der Waals surface area contributed by atoms with Crippen molar-refractivity contribution < 1.29 is 0 Å². The summed E-state index contributed by atoms with van der Waals surface area (Å²) in [5.74, 6) is 0. The van der Waals surface area contributed by atoms with E-state index in [0.29, 0.717) is 0 Å². The lowest BCUT2D eigenvalue weighted by molar-refractivity contribution is 4.12. The van der Waals surface area contributed by atoms with Crippen molar-refractivity contribution in [1.29, 1.82) is 0 Å². The second kappa shape index (κ2) is 3.32. The van der Waals surface area contributed by atoms with Gasteiger partial charge in [-0.3, -0.25) is 0 Å². The molecule has 1 rings (SSSR count). The molecule has 1 heterocycles. The molecule has 0 unspecified atom stereocenters. The summed E-state index contributed by atoms with van der Waals surface area (Å²) in [5, 5.41) is 0. The van der Waals surface area contributed by atoms with Gasteiger partial charge in [-0.2, -0.15) is 0 Å². The quantitative estimate of drug-likeness (QED) is 0.353. The van der Waals surface area contributed by atoms with Crippen LogP contribution in [0.15, 0.2) is 0 Å². The van der Waals surface area contributed by atoms with Crippen LogP contribution in [-0.4, -0.2) is 48.7 Å². The van der Waals surface area contributed by atoms with Gasteiger partial charge in [0, 0.05) is 0 Å². The van der Waals surface area contributed by atoms with Gasteiger partial charge in [-0.15, -0.1) is 0 Å². The van der Waals surface area contributed by atoms with Crippen molar-refractivity contribution >= 4 is 48.7 Å². The highest BCUT2D eigenvalue weighted by molar-refractivity contribution is 7.39. The van der Waals surface area contributed by atoms with E-state index in [-0.39, 0.29) is 0 Å². The topological polar surface area (TPSA) is 0 Å². The maximum absolute atomic E-state index is 1.17. The van der Waals surface area contributed by atoms with Crippen LogP contribution in [0.25, 0.3) is 0 Å². The molecule has 0 amide bonds. The summed E-state index contributed by atoms with van der Waals surface area (Å²) >= 11 is 0. The number of hydrogen-bond donors (Lipinski definition) is 0. The Labute approximate surface area is 48.9 Å². The third-order valence-electron chi connectivity index (χ3n) is 0.667. The van der Waals surface area contributed by atoms with Crippen LogP contribution in [0.3, 0.4) is 0 Å². The minimum atomic E-state index is 1.17. The van der Waals surface area contributed by atoms with Gasteiger partial charge in [0.05, 0.1) is 0 Å². The van der Waals surface area contributed by atoms with Crippen LogP contribution in [0.5, 0.6) is 0 Å². The van der Waals surface area contributed by atoms with Crippen LogP contribution in [0.4, 0.5) is 0 Å². The second-order valence-electron chi connectivity index (χ2n) is 1.15. The molecule has 0 aliphatic heterocycles. The van der Waals surface area contributed by atoms with Crippen LogP contribution in [-0.2, 0) is 0 Å². The monoisotopic (exact) mass is 174 g/mol. The van der Waals surface area contributed by atoms with E-state index in [2.05, 4.69) is 0 Å². The SMILES string of the molecule is [siH]1[siH][siH][siH][siH][siH]1. The van der Waals surface area contributed by atoms with E-state index in [1.54, 1.807) is 0 Å². The van der Waals surface area contributed by atoms with Gasteiger partial charge in [0.15, 0.2) is 0 Å². The Balaban J connectivity index is 3.00. The van der Waals surface area contributed by atoms with E-state index >= 15 is 0 Å². The van der Waals surface area contributed by atoms with Gasteiger partial charge in [0.2, 0.25) is 0 Å². The maximum Gasteiger partial charge on any atom is -0.0295 e. The summed E-state index contributed by atoms with van der Waals surface area (Å²) in [6.07, 6.45) is 0. The first-order valence-electron chi connectivity index (χ1n) is 2.00. The van der Waals surface area contributed by atoms with E-state index in [4.69, 9.17) is 0 Å². The molecule has 0 atom stereocenters. The molecule has 0 radical (unpaired) electrons. The minimum absolute atomic E-state index is 1.17. The van der Waals surface area contributed by atoms with Crippen molar-refractivity contribution in [1.82, 2.24) is 0 Å². The first-order valence-corrected chi connectivity index (χ1v) is 18.0. The van der Waals surface area contributed by atoms with E-state index < -0.39 is 0 Å². The fraction of sp³-hybridized carbons (Fsp3) is 0. The molecule has 1 aromatic heterocycles. The summed E-state index contributed by atoms with van der Waals surface area (Å²) in [6, 6.07) is 0. The van der Waals surface area contributed by atoms with Crippen molar-refractivity contribution in [3.05, 3.63) is 0 Å². The van der Waals surface area contributed by atoms with Crippen LogP contribution < -0.4 is 0 Å². The zero-order valence-corrected chi connectivity index (χ0v) is 10.4. The van der Waals surface area contributed by atoms with E-state index in [1.807, 2.05) is 0 Å². The highest BCUT2D eigenvalue weighted by atomic mass is 29.7. The molecule has 0 aliphatic rings. The molecule has 0 fully saturated rings. The Morgan fingerprint density at radius 1 is 0.333 bits per heavy atom. The molecule has 1 aromatic rings. The van der Waals surface area contributed by atoms with Gasteiger partial charge in [0.25, 0.3) is 0 Å². The van der Waals surface area contributed by atoms with Gasteiger partial charge < -0.3 is 0 Å². The van der Waals surface area contributed by atoms with Gasteiger partial charge in [0.1, 0.15) is 0 Å². The lowest BCUT2D eigenvalue weighted by Gasteiger charge is -1.66. The highest BCUT2D eigenvalue weighted by Crippen LogP contribution is 1.26. The molecule has 0 saturated heterocycles. The predicted molar refractivity (Wildman–Crippen MR) is 42.9 cm³/mol. The Bertz CT molecular complexity index is 72.0. The van der Waals surface area contributed by atoms with Gasteiger partial charge in [-0.1, -0.05) is 0 Å². The van der Waals surface area contributed by atoms with Crippen LogP contribution in [0, 0.1) is 0 Å². The van der Waals surface area contributed by atoms with Crippen molar-refractivity contribution in [3.63, 3.8) is 0 Å². The number of hydrogen-bond acceptors (Lipinski definition) is 0. The first kappa shape index (κ1) is 5.44. The molecule has 6 heteroatoms. The first-order chi connectivity index (χ1) is 3.00. The molecule has 0 N–H and O–H groups in total. The lowest BCUT2D eigenvalue weighted by Crippen LogP contribution is -2.01. The molecule has 30 valence electrons. The molecule has 6 heavy (non-hydrogen) atoms. The fourth-order valence-electron chi connectivity index (χ4n) is 0.385. The molecular formula is H6Si6. The van der Waals surface area contributed by atoms with Crippen molar-refractivity contribution in [3.8, 4) is 0 Å². The Morgan fingerprint density at radius 3 is 0.667 bits per heavy atom. The van der Waals surface area contributed by atoms with Gasteiger partial charge >= 0.3 is 0 Å². The largest absolute Gasteiger partial charge is 0.0295 e. The van der Waals surface area contributed by atoms with Crippen molar-refractivity contribution in [2.45, 2.75) is 0 Å². The molecule has 0 bridgehead atoms. The molecule has 0 aromatic carbocycles. The molecular weight excluding hydrogens is 169 g/mol. The predicted octanol–water partition coefficient (Wildman–Crippen LogP) is -3.89. The second-order valence-corrected chi connectivity index (χ2v) is 31.2. The van der Waals surface area contributed by atoms with Crippen LogP contribution >= 0.6 is 0 Å². The zero-order chi connectivity index (χ0) is 4.24. The smallest absolute Gasteiger partial charge is 0.0295 e.